The highest BCUT2D eigenvalue weighted by molar-refractivity contribution is 6.30. The summed E-state index contributed by atoms with van der Waals surface area (Å²) in [6, 6.07) is 5.70. The molecule has 3 heterocycles. The third kappa shape index (κ3) is 2.75. The molecule has 3 aromatic heterocycles. The van der Waals surface area contributed by atoms with Crippen LogP contribution in [0, 0.1) is 6.92 Å². The van der Waals surface area contributed by atoms with E-state index >= 15 is 0 Å². The molecule has 0 saturated carbocycles. The van der Waals surface area contributed by atoms with Crippen molar-refractivity contribution in [2.45, 2.75) is 20.5 Å². The Balaban J connectivity index is 2.19. The van der Waals surface area contributed by atoms with E-state index in [4.69, 9.17) is 16.3 Å². The second-order valence-corrected chi connectivity index (χ2v) is 5.07. The van der Waals surface area contributed by atoms with Gasteiger partial charge in [0.1, 0.15) is 5.15 Å². The number of aryl methyl sites for hydroxylation is 1. The van der Waals surface area contributed by atoms with Gasteiger partial charge in [-0.2, -0.15) is 5.10 Å². The van der Waals surface area contributed by atoms with Crippen molar-refractivity contribution in [2.75, 3.05) is 6.61 Å². The zero-order valence-electron chi connectivity index (χ0n) is 11.9. The molecule has 0 bridgehead atoms. The highest BCUT2D eigenvalue weighted by Crippen LogP contribution is 2.24. The van der Waals surface area contributed by atoms with Gasteiger partial charge in [-0.25, -0.2) is 9.67 Å². The molecular formula is C15H15ClN4O. The normalized spacial score (nSPS) is 11.2. The third-order valence-corrected chi connectivity index (χ3v) is 3.35. The molecule has 0 spiro atoms. The number of ether oxygens (including phenoxy) is 1. The number of pyridine rings is 2. The van der Waals surface area contributed by atoms with Gasteiger partial charge in [-0.3, -0.25) is 4.98 Å². The molecule has 0 amide bonds. The number of rotatable bonds is 4. The van der Waals surface area contributed by atoms with Crippen LogP contribution in [0.5, 0.6) is 0 Å². The minimum atomic E-state index is 0.406. The van der Waals surface area contributed by atoms with Crippen LogP contribution >= 0.6 is 11.6 Å². The Morgan fingerprint density at radius 2 is 2.19 bits per heavy atom. The first-order chi connectivity index (χ1) is 10.2. The van der Waals surface area contributed by atoms with Crippen LogP contribution in [0.4, 0.5) is 0 Å². The fourth-order valence-electron chi connectivity index (χ4n) is 2.26. The van der Waals surface area contributed by atoms with Crippen molar-refractivity contribution >= 4 is 22.5 Å². The summed E-state index contributed by atoms with van der Waals surface area (Å²) in [5, 5.41) is 5.84. The van der Waals surface area contributed by atoms with E-state index in [9.17, 15) is 0 Å². The van der Waals surface area contributed by atoms with Gasteiger partial charge in [0.15, 0.2) is 0 Å². The molecule has 3 aromatic rings. The van der Waals surface area contributed by atoms with E-state index in [-0.39, 0.29) is 0 Å². The van der Waals surface area contributed by atoms with E-state index in [0.29, 0.717) is 18.4 Å². The van der Waals surface area contributed by atoms with Gasteiger partial charge in [-0.05, 0) is 32.0 Å². The van der Waals surface area contributed by atoms with Crippen molar-refractivity contribution in [1.29, 1.82) is 0 Å². The molecule has 0 aliphatic heterocycles. The lowest BCUT2D eigenvalue weighted by Crippen LogP contribution is -2.03. The number of fused-ring (bicyclic) bond motifs is 1. The van der Waals surface area contributed by atoms with Crippen molar-refractivity contribution in [2.24, 2.45) is 0 Å². The second-order valence-electron chi connectivity index (χ2n) is 4.68. The molecule has 0 atom stereocenters. The van der Waals surface area contributed by atoms with Gasteiger partial charge in [-0.15, -0.1) is 0 Å². The quantitative estimate of drug-likeness (QED) is 0.694. The third-order valence-electron chi connectivity index (χ3n) is 3.15. The van der Waals surface area contributed by atoms with Crippen LogP contribution in [0.1, 0.15) is 18.3 Å². The number of hydrogen-bond acceptors (Lipinski definition) is 4. The maximum absolute atomic E-state index is 6.07. The van der Waals surface area contributed by atoms with E-state index in [1.807, 2.05) is 36.7 Å². The lowest BCUT2D eigenvalue weighted by Gasteiger charge is -2.08. The largest absolute Gasteiger partial charge is 0.375 e. The van der Waals surface area contributed by atoms with E-state index in [1.165, 1.54) is 0 Å². The van der Waals surface area contributed by atoms with Gasteiger partial charge >= 0.3 is 0 Å². The molecule has 0 radical (unpaired) electrons. The summed E-state index contributed by atoms with van der Waals surface area (Å²) in [6.07, 6.45) is 3.55. The SMILES string of the molecule is CCOCc1nc(Cl)cc2cnn(-c3ccnc(C)c3)c12. The number of aromatic nitrogens is 4. The Labute approximate surface area is 127 Å². The minimum absolute atomic E-state index is 0.406. The number of halogens is 1. The summed E-state index contributed by atoms with van der Waals surface area (Å²) < 4.78 is 7.34. The van der Waals surface area contributed by atoms with Gasteiger partial charge < -0.3 is 4.74 Å². The van der Waals surface area contributed by atoms with Gasteiger partial charge in [0.05, 0.1) is 29.7 Å². The standard InChI is InChI=1S/C15H15ClN4O/c1-3-21-9-13-15-11(7-14(16)19-13)8-18-20(15)12-4-5-17-10(2)6-12/h4-8H,3,9H2,1-2H3. The maximum Gasteiger partial charge on any atom is 0.130 e. The second kappa shape index (κ2) is 5.79. The Morgan fingerprint density at radius 3 is 2.95 bits per heavy atom. The summed E-state index contributed by atoms with van der Waals surface area (Å²) >= 11 is 6.07. The Bertz CT molecular complexity index is 784. The molecule has 0 fully saturated rings. The predicted octanol–water partition coefficient (Wildman–Crippen LogP) is 3.31. The first-order valence-electron chi connectivity index (χ1n) is 6.73. The predicted molar refractivity (Wildman–Crippen MR) is 81.7 cm³/mol. The Morgan fingerprint density at radius 1 is 1.33 bits per heavy atom. The van der Waals surface area contributed by atoms with Crippen LogP contribution < -0.4 is 0 Å². The molecule has 0 unspecified atom stereocenters. The van der Waals surface area contributed by atoms with Crippen LogP contribution in [0.3, 0.4) is 0 Å². The Hall–Kier alpha value is -1.98. The molecular weight excluding hydrogens is 288 g/mol. The van der Waals surface area contributed by atoms with E-state index < -0.39 is 0 Å². The topological polar surface area (TPSA) is 52.8 Å². The molecule has 108 valence electrons. The number of hydrogen-bond donors (Lipinski definition) is 0. The molecule has 0 aliphatic carbocycles. The zero-order valence-corrected chi connectivity index (χ0v) is 12.6. The van der Waals surface area contributed by atoms with Crippen LogP contribution in [0.2, 0.25) is 5.15 Å². The maximum atomic E-state index is 6.07. The van der Waals surface area contributed by atoms with Crippen LogP contribution in [0.15, 0.2) is 30.6 Å². The molecule has 3 rings (SSSR count). The summed E-state index contributed by atoms with van der Waals surface area (Å²) in [6.45, 7) is 4.93. The summed E-state index contributed by atoms with van der Waals surface area (Å²) in [7, 11) is 0. The lowest BCUT2D eigenvalue weighted by atomic mass is 10.2. The average Bonchev–Trinajstić information content (AvgIpc) is 2.88. The van der Waals surface area contributed by atoms with E-state index in [0.717, 1.165) is 28.0 Å². The van der Waals surface area contributed by atoms with Gasteiger partial charge in [0.25, 0.3) is 0 Å². The fraction of sp³-hybridized carbons (Fsp3) is 0.267. The summed E-state index contributed by atoms with van der Waals surface area (Å²) in [5.74, 6) is 0. The van der Waals surface area contributed by atoms with Gasteiger partial charge in [0.2, 0.25) is 0 Å². The molecule has 6 heteroatoms. The van der Waals surface area contributed by atoms with Crippen LogP contribution in [-0.4, -0.2) is 26.4 Å². The fourth-order valence-corrected chi connectivity index (χ4v) is 2.48. The van der Waals surface area contributed by atoms with Crippen LogP contribution in [0.25, 0.3) is 16.6 Å². The molecule has 0 saturated heterocycles. The van der Waals surface area contributed by atoms with Crippen LogP contribution in [-0.2, 0) is 11.3 Å². The first kappa shape index (κ1) is 14.0. The highest BCUT2D eigenvalue weighted by Gasteiger charge is 2.13. The summed E-state index contributed by atoms with van der Waals surface area (Å²) in [4.78, 5) is 8.60. The molecule has 0 aliphatic rings. The smallest absolute Gasteiger partial charge is 0.130 e. The van der Waals surface area contributed by atoms with Crippen molar-refractivity contribution in [3.05, 3.63) is 47.1 Å². The Kier molecular flexibility index (Phi) is 3.86. The molecule has 0 N–H and O–H groups in total. The average molecular weight is 303 g/mol. The van der Waals surface area contributed by atoms with Gasteiger partial charge in [-0.1, -0.05) is 11.6 Å². The highest BCUT2D eigenvalue weighted by atomic mass is 35.5. The molecule has 21 heavy (non-hydrogen) atoms. The zero-order chi connectivity index (χ0) is 14.8. The van der Waals surface area contributed by atoms with Crippen molar-refractivity contribution in [3.8, 4) is 5.69 Å². The summed E-state index contributed by atoms with van der Waals surface area (Å²) in [5.41, 5.74) is 3.58. The van der Waals surface area contributed by atoms with Crippen molar-refractivity contribution in [3.63, 3.8) is 0 Å². The van der Waals surface area contributed by atoms with E-state index in [2.05, 4.69) is 15.1 Å². The van der Waals surface area contributed by atoms with Crippen molar-refractivity contribution in [1.82, 2.24) is 19.7 Å². The lowest BCUT2D eigenvalue weighted by molar-refractivity contribution is 0.132. The first-order valence-corrected chi connectivity index (χ1v) is 7.10. The van der Waals surface area contributed by atoms with Gasteiger partial charge in [0, 0.05) is 23.9 Å². The minimum Gasteiger partial charge on any atom is -0.375 e. The monoisotopic (exact) mass is 302 g/mol. The number of nitrogens with zero attached hydrogens (tertiary/aromatic N) is 4. The van der Waals surface area contributed by atoms with E-state index in [1.54, 1.807) is 12.4 Å². The van der Waals surface area contributed by atoms with Crippen molar-refractivity contribution < 1.29 is 4.74 Å². The molecule has 5 nitrogen and oxygen atoms in total. The molecule has 0 aromatic carbocycles.